The van der Waals surface area contributed by atoms with Gasteiger partial charge in [-0.1, -0.05) is 37.0 Å². The molecule has 0 spiro atoms. The molecule has 1 aromatic carbocycles. The van der Waals surface area contributed by atoms with E-state index in [2.05, 4.69) is 5.10 Å². The molecule has 88 valence electrons. The third kappa shape index (κ3) is 3.03. The fraction of sp³-hybridized carbons (Fsp3) is 0.364. The van der Waals surface area contributed by atoms with Gasteiger partial charge < -0.3 is 5.73 Å². The molecule has 0 unspecified atom stereocenters. The quantitative estimate of drug-likeness (QED) is 0.839. The van der Waals surface area contributed by atoms with Crippen molar-refractivity contribution >= 4 is 34.7 Å². The highest BCUT2D eigenvalue weighted by Crippen LogP contribution is 2.28. The minimum atomic E-state index is 0.532. The molecule has 1 heterocycles. The molecule has 0 bridgehead atoms. The molecule has 3 nitrogen and oxygen atoms in total. The molecule has 1 aliphatic heterocycles. The molecular weight excluding hydrogens is 245 g/mol. The third-order valence-electron chi connectivity index (χ3n) is 2.03. The predicted octanol–water partition coefficient (Wildman–Crippen LogP) is 3.50. The van der Waals surface area contributed by atoms with Gasteiger partial charge in [-0.2, -0.15) is 5.10 Å². The molecule has 0 aromatic heterocycles. The maximum atomic E-state index is 5.89. The van der Waals surface area contributed by atoms with Crippen molar-refractivity contribution in [2.24, 2.45) is 10.8 Å². The number of nitrogens with zero attached hydrogens (tertiary/aromatic N) is 2. The number of halogens is 2. The lowest BCUT2D eigenvalue weighted by molar-refractivity contribution is 0.922. The van der Waals surface area contributed by atoms with E-state index in [1.807, 2.05) is 24.9 Å². The van der Waals surface area contributed by atoms with Crippen LogP contribution >= 0.6 is 23.2 Å². The van der Waals surface area contributed by atoms with Crippen molar-refractivity contribution in [3.05, 3.63) is 28.2 Å². The Bertz CT molecular complexity index is 391. The molecule has 0 amide bonds. The first-order valence-corrected chi connectivity index (χ1v) is 5.98. The van der Waals surface area contributed by atoms with Crippen LogP contribution in [-0.4, -0.2) is 12.4 Å². The lowest BCUT2D eigenvalue weighted by Gasteiger charge is -2.13. The first kappa shape index (κ1) is 13.1. The number of anilines is 1. The summed E-state index contributed by atoms with van der Waals surface area (Å²) in [5, 5.41) is 7.05. The van der Waals surface area contributed by atoms with E-state index in [-0.39, 0.29) is 0 Å². The Morgan fingerprint density at radius 1 is 1.25 bits per heavy atom. The summed E-state index contributed by atoms with van der Waals surface area (Å²) in [5.41, 5.74) is 6.50. The Labute approximate surface area is 106 Å². The van der Waals surface area contributed by atoms with E-state index in [0.717, 1.165) is 18.7 Å². The zero-order chi connectivity index (χ0) is 12.1. The highest BCUT2D eigenvalue weighted by molar-refractivity contribution is 6.42. The predicted molar refractivity (Wildman–Crippen MR) is 71.4 cm³/mol. The molecule has 0 radical (unpaired) electrons. The van der Waals surface area contributed by atoms with E-state index < -0.39 is 0 Å². The number of hydrazone groups is 1. The molecule has 0 aliphatic carbocycles. The number of rotatable bonds is 1. The van der Waals surface area contributed by atoms with Crippen molar-refractivity contribution in [1.82, 2.24) is 0 Å². The van der Waals surface area contributed by atoms with Crippen LogP contribution in [-0.2, 0) is 0 Å². The number of amidine groups is 1. The maximum Gasteiger partial charge on any atom is 0.122 e. The van der Waals surface area contributed by atoms with Gasteiger partial charge in [0.1, 0.15) is 5.84 Å². The first-order valence-electron chi connectivity index (χ1n) is 5.22. The molecule has 2 N–H and O–H groups in total. The van der Waals surface area contributed by atoms with E-state index >= 15 is 0 Å². The maximum absolute atomic E-state index is 5.89. The Morgan fingerprint density at radius 2 is 1.94 bits per heavy atom. The van der Waals surface area contributed by atoms with Gasteiger partial charge in [-0.25, -0.2) is 0 Å². The van der Waals surface area contributed by atoms with Gasteiger partial charge in [0, 0.05) is 13.0 Å². The SMILES string of the molecule is CC.NC1=NN(c2ccc(Cl)c(Cl)c2)CC1. The topological polar surface area (TPSA) is 41.6 Å². The minimum absolute atomic E-state index is 0.532. The van der Waals surface area contributed by atoms with Crippen LogP contribution < -0.4 is 10.7 Å². The zero-order valence-electron chi connectivity index (χ0n) is 9.37. The number of benzene rings is 1. The van der Waals surface area contributed by atoms with Crippen molar-refractivity contribution in [3.63, 3.8) is 0 Å². The van der Waals surface area contributed by atoms with Crippen LogP contribution in [0.2, 0.25) is 10.0 Å². The molecule has 2 rings (SSSR count). The summed E-state index contributed by atoms with van der Waals surface area (Å²) in [6, 6.07) is 5.41. The monoisotopic (exact) mass is 259 g/mol. The Balaban J connectivity index is 0.000000606. The molecule has 16 heavy (non-hydrogen) atoms. The molecular formula is C11H15Cl2N3. The van der Waals surface area contributed by atoms with Gasteiger partial charge in [-0.15, -0.1) is 0 Å². The van der Waals surface area contributed by atoms with Gasteiger partial charge in [-0.3, -0.25) is 5.01 Å². The van der Waals surface area contributed by atoms with Gasteiger partial charge >= 0.3 is 0 Å². The highest BCUT2D eigenvalue weighted by Gasteiger charge is 2.14. The summed E-state index contributed by atoms with van der Waals surface area (Å²) >= 11 is 11.7. The summed E-state index contributed by atoms with van der Waals surface area (Å²) < 4.78 is 0. The zero-order valence-corrected chi connectivity index (χ0v) is 10.9. The van der Waals surface area contributed by atoms with Gasteiger partial charge in [0.15, 0.2) is 0 Å². The summed E-state index contributed by atoms with van der Waals surface area (Å²) in [4.78, 5) is 0. The largest absolute Gasteiger partial charge is 0.386 e. The van der Waals surface area contributed by atoms with Crippen LogP contribution in [0.4, 0.5) is 5.69 Å². The lowest BCUT2D eigenvalue weighted by atomic mass is 10.3. The standard InChI is InChI=1S/C9H9Cl2N3.C2H6/c10-7-2-1-6(5-8(7)11)14-4-3-9(12)13-14;1-2/h1-2,5H,3-4H2,(H2,12,13);1-2H3. The van der Waals surface area contributed by atoms with Gasteiger partial charge in [0.05, 0.1) is 15.7 Å². The average Bonchev–Trinajstić information content (AvgIpc) is 2.72. The van der Waals surface area contributed by atoms with Crippen molar-refractivity contribution in [3.8, 4) is 0 Å². The second kappa shape index (κ2) is 5.97. The van der Waals surface area contributed by atoms with Crippen LogP contribution in [0.25, 0.3) is 0 Å². The van der Waals surface area contributed by atoms with Crippen LogP contribution in [0.1, 0.15) is 20.3 Å². The summed E-state index contributed by atoms with van der Waals surface area (Å²) in [7, 11) is 0. The van der Waals surface area contributed by atoms with Crippen LogP contribution in [0.5, 0.6) is 0 Å². The number of hydrogen-bond acceptors (Lipinski definition) is 3. The molecule has 0 saturated carbocycles. The Morgan fingerprint density at radius 3 is 2.44 bits per heavy atom. The molecule has 5 heteroatoms. The van der Waals surface area contributed by atoms with Crippen molar-refractivity contribution < 1.29 is 0 Å². The lowest BCUT2D eigenvalue weighted by Crippen LogP contribution is -2.11. The highest BCUT2D eigenvalue weighted by atomic mass is 35.5. The van der Waals surface area contributed by atoms with Gasteiger partial charge in [0.25, 0.3) is 0 Å². The van der Waals surface area contributed by atoms with E-state index in [0.29, 0.717) is 15.9 Å². The summed E-state index contributed by atoms with van der Waals surface area (Å²) in [6.45, 7) is 4.80. The van der Waals surface area contributed by atoms with Gasteiger partial charge in [-0.05, 0) is 18.2 Å². The van der Waals surface area contributed by atoms with Crippen LogP contribution in [0.3, 0.4) is 0 Å². The fourth-order valence-corrected chi connectivity index (χ4v) is 1.60. The summed E-state index contributed by atoms with van der Waals surface area (Å²) in [6.07, 6.45) is 0.792. The second-order valence-corrected chi connectivity index (χ2v) is 3.88. The number of nitrogens with two attached hydrogens (primary N) is 1. The number of hydrogen-bond donors (Lipinski definition) is 1. The van der Waals surface area contributed by atoms with E-state index in [4.69, 9.17) is 28.9 Å². The summed E-state index contributed by atoms with van der Waals surface area (Å²) in [5.74, 6) is 0.649. The van der Waals surface area contributed by atoms with E-state index in [1.165, 1.54) is 0 Å². The van der Waals surface area contributed by atoms with Crippen LogP contribution in [0, 0.1) is 0 Å². The average molecular weight is 260 g/mol. The normalized spacial score (nSPS) is 14.2. The Kier molecular flexibility index (Phi) is 4.90. The van der Waals surface area contributed by atoms with E-state index in [9.17, 15) is 0 Å². The second-order valence-electron chi connectivity index (χ2n) is 3.06. The van der Waals surface area contributed by atoms with Gasteiger partial charge in [0.2, 0.25) is 0 Å². The molecule has 1 aliphatic rings. The molecule has 1 aromatic rings. The smallest absolute Gasteiger partial charge is 0.122 e. The van der Waals surface area contributed by atoms with Crippen molar-refractivity contribution in [2.75, 3.05) is 11.6 Å². The van der Waals surface area contributed by atoms with Crippen LogP contribution in [0.15, 0.2) is 23.3 Å². The minimum Gasteiger partial charge on any atom is -0.386 e. The van der Waals surface area contributed by atoms with Crippen molar-refractivity contribution in [2.45, 2.75) is 20.3 Å². The first-order chi connectivity index (χ1) is 7.66. The van der Waals surface area contributed by atoms with E-state index in [1.54, 1.807) is 12.1 Å². The molecule has 0 saturated heterocycles. The molecule has 0 fully saturated rings. The molecule has 0 atom stereocenters. The fourth-order valence-electron chi connectivity index (χ4n) is 1.31. The van der Waals surface area contributed by atoms with Crippen molar-refractivity contribution in [1.29, 1.82) is 0 Å². The Hall–Kier alpha value is -0.930. The third-order valence-corrected chi connectivity index (χ3v) is 2.77.